The minimum atomic E-state index is -0.614. The number of methoxy groups -OCH3 is 1. The topological polar surface area (TPSA) is 103 Å². The fraction of sp³-hybridized carbons (Fsp3) is 0.250. The number of carbonyl (C=O) groups is 3. The third-order valence-corrected chi connectivity index (χ3v) is 5.85. The second-order valence-electron chi connectivity index (χ2n) is 8.38. The molecule has 0 saturated carbocycles. The first-order chi connectivity index (χ1) is 17.5. The Balaban J connectivity index is 1.21. The highest BCUT2D eigenvalue weighted by Crippen LogP contribution is 2.29. The number of nitrogens with one attached hydrogen (secondary N) is 2. The number of ether oxygens (including phenoxy) is 3. The molecule has 0 heterocycles. The molecule has 3 aromatic rings. The van der Waals surface area contributed by atoms with Crippen molar-refractivity contribution in [1.82, 2.24) is 5.32 Å². The van der Waals surface area contributed by atoms with Crippen molar-refractivity contribution in [3.05, 3.63) is 89.5 Å². The van der Waals surface area contributed by atoms with Crippen LogP contribution in [-0.4, -0.2) is 38.1 Å². The molecule has 36 heavy (non-hydrogen) atoms. The van der Waals surface area contributed by atoms with Crippen molar-refractivity contribution < 1.29 is 28.6 Å². The van der Waals surface area contributed by atoms with Crippen LogP contribution in [0.1, 0.15) is 40.4 Å². The van der Waals surface area contributed by atoms with Crippen LogP contribution in [0.4, 0.5) is 5.69 Å². The summed E-state index contributed by atoms with van der Waals surface area (Å²) < 4.78 is 15.8. The quantitative estimate of drug-likeness (QED) is 0.441. The number of benzene rings is 3. The molecule has 0 bridgehead atoms. The maximum atomic E-state index is 12.4. The van der Waals surface area contributed by atoms with Gasteiger partial charge in [0.25, 0.3) is 11.8 Å². The number of rotatable bonds is 9. The molecule has 0 fully saturated rings. The molecule has 2 N–H and O–H groups in total. The molecule has 0 saturated heterocycles. The molecule has 0 spiro atoms. The Labute approximate surface area is 209 Å². The Kier molecular flexibility index (Phi) is 8.18. The average Bonchev–Trinajstić information content (AvgIpc) is 2.91. The molecule has 186 valence electrons. The predicted octanol–water partition coefficient (Wildman–Crippen LogP) is 4.06. The highest BCUT2D eigenvalue weighted by molar-refractivity contribution is 5.92. The zero-order chi connectivity index (χ0) is 25.3. The molecule has 1 aliphatic carbocycles. The summed E-state index contributed by atoms with van der Waals surface area (Å²) in [5.74, 6) is -0.240. The number of esters is 1. The number of aryl methyl sites for hydroxylation is 1. The summed E-state index contributed by atoms with van der Waals surface area (Å²) in [7, 11) is 1.55. The van der Waals surface area contributed by atoms with Gasteiger partial charge in [-0.3, -0.25) is 9.59 Å². The molecule has 0 radical (unpaired) electrons. The van der Waals surface area contributed by atoms with E-state index >= 15 is 0 Å². The van der Waals surface area contributed by atoms with Crippen LogP contribution >= 0.6 is 0 Å². The number of carbonyl (C=O) groups excluding carboxylic acids is 3. The summed E-state index contributed by atoms with van der Waals surface area (Å²) in [6, 6.07) is 21.2. The minimum Gasteiger partial charge on any atom is -0.497 e. The zero-order valence-electron chi connectivity index (χ0n) is 20.0. The van der Waals surface area contributed by atoms with Gasteiger partial charge in [0.2, 0.25) is 0 Å². The van der Waals surface area contributed by atoms with Crippen LogP contribution in [0, 0.1) is 0 Å². The van der Waals surface area contributed by atoms with E-state index in [0.717, 1.165) is 24.8 Å². The molecular formula is C28H28N2O6. The number of anilines is 1. The predicted molar refractivity (Wildman–Crippen MR) is 134 cm³/mol. The van der Waals surface area contributed by atoms with Gasteiger partial charge in [0.15, 0.2) is 13.2 Å². The molecular weight excluding hydrogens is 460 g/mol. The summed E-state index contributed by atoms with van der Waals surface area (Å²) in [6.45, 7) is -0.564. The van der Waals surface area contributed by atoms with Gasteiger partial charge in [-0.2, -0.15) is 0 Å². The molecule has 3 aromatic carbocycles. The highest BCUT2D eigenvalue weighted by atomic mass is 16.5. The summed E-state index contributed by atoms with van der Waals surface area (Å²) in [4.78, 5) is 36.9. The van der Waals surface area contributed by atoms with Gasteiger partial charge in [0.05, 0.1) is 18.7 Å². The van der Waals surface area contributed by atoms with E-state index < -0.39 is 5.97 Å². The fourth-order valence-electron chi connectivity index (χ4n) is 4.09. The van der Waals surface area contributed by atoms with Gasteiger partial charge in [-0.15, -0.1) is 0 Å². The molecule has 1 atom stereocenters. The summed E-state index contributed by atoms with van der Waals surface area (Å²) in [6.07, 6.45) is 2.86. The molecule has 1 aliphatic rings. The monoisotopic (exact) mass is 488 g/mol. The largest absolute Gasteiger partial charge is 0.497 e. The SMILES string of the molecule is COc1cccc(NC(=O)COc2ccc(C(=O)OCC(=O)NC3CCCc4ccccc43)cc2)c1. The fourth-order valence-corrected chi connectivity index (χ4v) is 4.09. The summed E-state index contributed by atoms with van der Waals surface area (Å²) in [5.41, 5.74) is 3.24. The van der Waals surface area contributed by atoms with Crippen LogP contribution in [-0.2, 0) is 20.7 Å². The number of hydrogen-bond acceptors (Lipinski definition) is 6. The van der Waals surface area contributed by atoms with Crippen molar-refractivity contribution in [3.63, 3.8) is 0 Å². The highest BCUT2D eigenvalue weighted by Gasteiger charge is 2.22. The van der Waals surface area contributed by atoms with E-state index in [1.807, 2.05) is 18.2 Å². The molecule has 2 amide bonds. The van der Waals surface area contributed by atoms with E-state index in [2.05, 4.69) is 16.7 Å². The van der Waals surface area contributed by atoms with Crippen molar-refractivity contribution in [2.75, 3.05) is 25.6 Å². The van der Waals surface area contributed by atoms with E-state index in [0.29, 0.717) is 17.2 Å². The molecule has 8 nitrogen and oxygen atoms in total. The van der Waals surface area contributed by atoms with Gasteiger partial charge in [-0.1, -0.05) is 30.3 Å². The first kappa shape index (κ1) is 24.8. The van der Waals surface area contributed by atoms with E-state index in [4.69, 9.17) is 14.2 Å². The van der Waals surface area contributed by atoms with E-state index in [-0.39, 0.29) is 36.6 Å². The maximum Gasteiger partial charge on any atom is 0.338 e. The van der Waals surface area contributed by atoms with Crippen molar-refractivity contribution in [3.8, 4) is 11.5 Å². The number of fused-ring (bicyclic) bond motifs is 1. The van der Waals surface area contributed by atoms with Crippen LogP contribution in [0.25, 0.3) is 0 Å². The normalized spacial score (nSPS) is 14.2. The molecule has 0 aliphatic heterocycles. The lowest BCUT2D eigenvalue weighted by Crippen LogP contribution is -2.34. The standard InChI is InChI=1S/C28H28N2O6/c1-34-23-9-5-8-21(16-23)29-26(31)17-35-22-14-12-20(13-15-22)28(33)36-18-27(32)30-25-11-4-7-19-6-2-3-10-24(19)25/h2-3,5-6,8-10,12-16,25H,4,7,11,17-18H2,1H3,(H,29,31)(H,30,32). The van der Waals surface area contributed by atoms with Gasteiger partial charge in [0.1, 0.15) is 11.5 Å². The minimum absolute atomic E-state index is 0.0706. The number of amides is 2. The van der Waals surface area contributed by atoms with Crippen molar-refractivity contribution in [2.45, 2.75) is 25.3 Å². The third-order valence-electron chi connectivity index (χ3n) is 5.85. The average molecular weight is 489 g/mol. The molecule has 8 heteroatoms. The zero-order valence-corrected chi connectivity index (χ0v) is 20.0. The van der Waals surface area contributed by atoms with Crippen LogP contribution in [0.15, 0.2) is 72.8 Å². The Hall–Kier alpha value is -4.33. The van der Waals surface area contributed by atoms with Crippen molar-refractivity contribution in [2.24, 2.45) is 0 Å². The second kappa shape index (κ2) is 11.9. The summed E-state index contributed by atoms with van der Waals surface area (Å²) >= 11 is 0. The van der Waals surface area contributed by atoms with Gasteiger partial charge >= 0.3 is 5.97 Å². The molecule has 1 unspecified atom stereocenters. The maximum absolute atomic E-state index is 12.4. The van der Waals surface area contributed by atoms with Gasteiger partial charge in [-0.25, -0.2) is 4.79 Å². The second-order valence-corrected chi connectivity index (χ2v) is 8.38. The first-order valence-electron chi connectivity index (χ1n) is 11.7. The van der Waals surface area contributed by atoms with E-state index in [9.17, 15) is 14.4 Å². The van der Waals surface area contributed by atoms with Gasteiger partial charge in [-0.05, 0) is 66.8 Å². The molecule has 4 rings (SSSR count). The van der Waals surface area contributed by atoms with Gasteiger partial charge < -0.3 is 24.8 Å². The Morgan fingerprint density at radius 1 is 0.889 bits per heavy atom. The lowest BCUT2D eigenvalue weighted by molar-refractivity contribution is -0.125. The van der Waals surface area contributed by atoms with Crippen LogP contribution in [0.5, 0.6) is 11.5 Å². The lowest BCUT2D eigenvalue weighted by atomic mass is 9.88. The van der Waals surface area contributed by atoms with Crippen LogP contribution in [0.3, 0.4) is 0 Å². The Morgan fingerprint density at radius 2 is 1.69 bits per heavy atom. The van der Waals surface area contributed by atoms with Crippen molar-refractivity contribution in [1.29, 1.82) is 0 Å². The first-order valence-corrected chi connectivity index (χ1v) is 11.7. The molecule has 0 aromatic heterocycles. The third kappa shape index (κ3) is 6.63. The Morgan fingerprint density at radius 3 is 2.50 bits per heavy atom. The van der Waals surface area contributed by atoms with Crippen LogP contribution in [0.2, 0.25) is 0 Å². The number of hydrogen-bond donors (Lipinski definition) is 2. The summed E-state index contributed by atoms with van der Waals surface area (Å²) in [5, 5.41) is 5.68. The van der Waals surface area contributed by atoms with E-state index in [1.165, 1.54) is 17.7 Å². The Bertz CT molecular complexity index is 1220. The van der Waals surface area contributed by atoms with Gasteiger partial charge in [0, 0.05) is 11.8 Å². The van der Waals surface area contributed by atoms with E-state index in [1.54, 1.807) is 43.5 Å². The van der Waals surface area contributed by atoms with Crippen molar-refractivity contribution >= 4 is 23.5 Å². The van der Waals surface area contributed by atoms with Crippen LogP contribution < -0.4 is 20.1 Å². The smallest absolute Gasteiger partial charge is 0.338 e. The lowest BCUT2D eigenvalue weighted by Gasteiger charge is -2.26.